The molecule has 42 heavy (non-hydrogen) atoms. The van der Waals surface area contributed by atoms with Crippen molar-refractivity contribution in [1.29, 1.82) is 0 Å². The number of hydrogen-bond acceptors (Lipinski definition) is 4. The molecule has 3 fully saturated rings. The van der Waals surface area contributed by atoms with E-state index < -0.39 is 23.5 Å². The van der Waals surface area contributed by atoms with Crippen LogP contribution in [0.5, 0.6) is 0 Å². The average molecular weight is 603 g/mol. The maximum absolute atomic E-state index is 15.0. The largest absolute Gasteiger partial charge is 0.378 e. The van der Waals surface area contributed by atoms with Gasteiger partial charge in [-0.05, 0) is 62.9 Å². The van der Waals surface area contributed by atoms with Crippen LogP contribution in [0.3, 0.4) is 0 Å². The van der Waals surface area contributed by atoms with Gasteiger partial charge in [0.15, 0.2) is 0 Å². The molecule has 0 N–H and O–H groups in total. The van der Waals surface area contributed by atoms with Crippen LogP contribution in [0.15, 0.2) is 42.5 Å². The molecule has 0 saturated carbocycles. The lowest BCUT2D eigenvalue weighted by Gasteiger charge is -2.41. The fourth-order valence-electron chi connectivity index (χ4n) is 6.50. The topological polar surface area (TPSA) is 56.3 Å². The van der Waals surface area contributed by atoms with Gasteiger partial charge in [0.05, 0.1) is 25.2 Å². The number of hydrogen-bond donors (Lipinski definition) is 0. The number of urea groups is 1. The number of morpholine rings is 1. The normalized spacial score (nSPS) is 24.4. The Kier molecular flexibility index (Phi) is 9.40. The number of amides is 3. The molecule has 3 saturated heterocycles. The third-order valence-corrected chi connectivity index (χ3v) is 9.19. The summed E-state index contributed by atoms with van der Waals surface area (Å²) in [6.07, 6.45) is 1.40. The highest BCUT2D eigenvalue weighted by molar-refractivity contribution is 6.30. The number of rotatable bonds is 3. The summed E-state index contributed by atoms with van der Waals surface area (Å²) in [4.78, 5) is 35.8. The second kappa shape index (κ2) is 12.9. The molecule has 10 heteroatoms. The van der Waals surface area contributed by atoms with E-state index in [1.165, 1.54) is 12.1 Å². The molecule has 3 atom stereocenters. The second-order valence-electron chi connectivity index (χ2n) is 12.6. The van der Waals surface area contributed by atoms with Gasteiger partial charge in [0.2, 0.25) is 5.91 Å². The van der Waals surface area contributed by atoms with Gasteiger partial charge in [-0.25, -0.2) is 13.6 Å². The molecule has 5 rings (SSSR count). The van der Waals surface area contributed by atoms with Gasteiger partial charge in [-0.3, -0.25) is 9.69 Å². The quantitative estimate of drug-likeness (QED) is 0.462. The summed E-state index contributed by atoms with van der Waals surface area (Å²) in [5, 5.41) is 0.639. The standard InChI is InChI=1S/C32H41ClF2N4O3/c1-32(2,3)38-20-26(25-11-10-24(34)19-28(25)35)27(21-38)30(40)36-12-4-5-29(22-6-8-23(33)9-7-22)39(14-13-36)31(41)37-15-17-42-18-16-37/h6-11,19,26-27,29H,4-5,12-18,20-21H2,1-3H3/t26-,27+,29-/m0/s1. The van der Waals surface area contributed by atoms with Crippen molar-refractivity contribution in [2.45, 2.75) is 51.1 Å². The van der Waals surface area contributed by atoms with Gasteiger partial charge in [-0.1, -0.05) is 29.8 Å². The van der Waals surface area contributed by atoms with E-state index in [0.717, 1.165) is 11.6 Å². The van der Waals surface area contributed by atoms with Crippen molar-refractivity contribution >= 4 is 23.5 Å². The summed E-state index contributed by atoms with van der Waals surface area (Å²) in [6.45, 7) is 10.6. The van der Waals surface area contributed by atoms with Crippen LogP contribution in [0, 0.1) is 17.6 Å². The van der Waals surface area contributed by atoms with E-state index >= 15 is 4.39 Å². The van der Waals surface area contributed by atoms with Crippen molar-refractivity contribution in [1.82, 2.24) is 19.6 Å². The van der Waals surface area contributed by atoms with Gasteiger partial charge in [-0.2, -0.15) is 0 Å². The summed E-state index contributed by atoms with van der Waals surface area (Å²) in [7, 11) is 0. The monoisotopic (exact) mass is 602 g/mol. The van der Waals surface area contributed by atoms with Crippen molar-refractivity contribution in [2.24, 2.45) is 5.92 Å². The number of benzene rings is 2. The lowest BCUT2D eigenvalue weighted by Crippen LogP contribution is -2.53. The second-order valence-corrected chi connectivity index (χ2v) is 13.0. The third kappa shape index (κ3) is 6.74. The number of halogens is 3. The van der Waals surface area contributed by atoms with Crippen LogP contribution < -0.4 is 0 Å². The van der Waals surface area contributed by atoms with Crippen molar-refractivity contribution in [3.63, 3.8) is 0 Å². The first kappa shape index (κ1) is 30.7. The van der Waals surface area contributed by atoms with E-state index in [0.29, 0.717) is 82.5 Å². The average Bonchev–Trinajstić information content (AvgIpc) is 3.40. The molecule has 7 nitrogen and oxygen atoms in total. The number of carbonyl (C=O) groups is 2. The Morgan fingerprint density at radius 1 is 0.905 bits per heavy atom. The first-order valence-electron chi connectivity index (χ1n) is 14.9. The van der Waals surface area contributed by atoms with Crippen molar-refractivity contribution < 1.29 is 23.1 Å². The minimum atomic E-state index is -0.631. The highest BCUT2D eigenvalue weighted by atomic mass is 35.5. The van der Waals surface area contributed by atoms with Crippen molar-refractivity contribution in [3.05, 3.63) is 70.2 Å². The molecule has 0 aromatic heterocycles. The van der Waals surface area contributed by atoms with E-state index in [-0.39, 0.29) is 23.5 Å². The van der Waals surface area contributed by atoms with E-state index in [2.05, 4.69) is 25.7 Å². The molecular weight excluding hydrogens is 562 g/mol. The number of nitrogens with zero attached hydrogens (tertiary/aromatic N) is 4. The molecular formula is C32H41ClF2N4O3. The van der Waals surface area contributed by atoms with Gasteiger partial charge in [0.1, 0.15) is 11.6 Å². The molecule has 2 aromatic rings. The Morgan fingerprint density at radius 3 is 2.29 bits per heavy atom. The zero-order chi connectivity index (χ0) is 30.0. The van der Waals surface area contributed by atoms with Gasteiger partial charge in [0.25, 0.3) is 0 Å². The summed E-state index contributed by atoms with van der Waals surface area (Å²) in [5.41, 5.74) is 1.18. The molecule has 0 aliphatic carbocycles. The zero-order valence-electron chi connectivity index (χ0n) is 24.7. The van der Waals surface area contributed by atoms with Crippen LogP contribution in [0.25, 0.3) is 0 Å². The first-order valence-corrected chi connectivity index (χ1v) is 15.3. The number of carbonyl (C=O) groups excluding carboxylic acids is 2. The molecule has 0 bridgehead atoms. The summed E-state index contributed by atoms with van der Waals surface area (Å²) in [5.74, 6) is -2.16. The van der Waals surface area contributed by atoms with E-state index in [1.807, 2.05) is 39.0 Å². The van der Waals surface area contributed by atoms with E-state index in [1.54, 1.807) is 0 Å². The highest BCUT2D eigenvalue weighted by Crippen LogP contribution is 2.39. The molecule has 3 aliphatic heterocycles. The molecule has 0 unspecified atom stereocenters. The zero-order valence-corrected chi connectivity index (χ0v) is 25.5. The highest BCUT2D eigenvalue weighted by Gasteiger charge is 2.45. The maximum atomic E-state index is 15.0. The fraction of sp³-hybridized carbons (Fsp3) is 0.562. The van der Waals surface area contributed by atoms with Gasteiger partial charge >= 0.3 is 6.03 Å². The number of likely N-dealkylation sites (tertiary alicyclic amines) is 1. The predicted molar refractivity (Wildman–Crippen MR) is 158 cm³/mol. The Labute approximate surface area is 252 Å². The summed E-state index contributed by atoms with van der Waals surface area (Å²) in [6, 6.07) is 11.1. The Morgan fingerprint density at radius 2 is 1.62 bits per heavy atom. The van der Waals surface area contributed by atoms with Crippen molar-refractivity contribution in [3.8, 4) is 0 Å². The van der Waals surface area contributed by atoms with Gasteiger partial charge in [-0.15, -0.1) is 0 Å². The van der Waals surface area contributed by atoms with Crippen LogP contribution in [0.4, 0.5) is 13.6 Å². The lowest BCUT2D eigenvalue weighted by atomic mass is 9.87. The summed E-state index contributed by atoms with van der Waals surface area (Å²) >= 11 is 6.17. The van der Waals surface area contributed by atoms with Crippen molar-refractivity contribution in [2.75, 3.05) is 59.0 Å². The molecule has 0 radical (unpaired) electrons. The molecule has 0 spiro atoms. The Balaban J connectivity index is 1.39. The number of ether oxygens (including phenoxy) is 1. The van der Waals surface area contributed by atoms with Gasteiger partial charge < -0.3 is 19.4 Å². The minimum absolute atomic E-state index is 0.0424. The lowest BCUT2D eigenvalue weighted by molar-refractivity contribution is -0.136. The minimum Gasteiger partial charge on any atom is -0.378 e. The molecule has 228 valence electrons. The van der Waals surface area contributed by atoms with Crippen LogP contribution >= 0.6 is 11.6 Å². The third-order valence-electron chi connectivity index (χ3n) is 8.93. The van der Waals surface area contributed by atoms with Crippen LogP contribution in [0.2, 0.25) is 5.02 Å². The predicted octanol–water partition coefficient (Wildman–Crippen LogP) is 5.55. The molecule has 3 amide bonds. The Hall–Kier alpha value is -2.75. The smallest absolute Gasteiger partial charge is 0.320 e. The first-order chi connectivity index (χ1) is 20.0. The van der Waals surface area contributed by atoms with E-state index in [9.17, 15) is 14.0 Å². The Bertz CT molecular complexity index is 1270. The molecule has 3 heterocycles. The van der Waals surface area contributed by atoms with Crippen LogP contribution in [-0.2, 0) is 9.53 Å². The van der Waals surface area contributed by atoms with Gasteiger partial charge in [0, 0.05) is 68.4 Å². The van der Waals surface area contributed by atoms with E-state index in [4.69, 9.17) is 16.3 Å². The fourth-order valence-corrected chi connectivity index (χ4v) is 6.62. The molecule has 3 aliphatic rings. The molecule has 2 aromatic carbocycles. The summed E-state index contributed by atoms with van der Waals surface area (Å²) < 4.78 is 34.3. The van der Waals surface area contributed by atoms with Crippen LogP contribution in [-0.4, -0.2) is 96.1 Å². The van der Waals surface area contributed by atoms with Crippen LogP contribution in [0.1, 0.15) is 56.7 Å². The SMILES string of the molecule is CC(C)(C)N1C[C@@H](C(=O)N2CCC[C@@H](c3ccc(Cl)cc3)N(C(=O)N3CCOCC3)CC2)[C@H](c2ccc(F)cc2F)C1. The maximum Gasteiger partial charge on any atom is 0.320 e.